The molecule has 286 valence electrons. The summed E-state index contributed by atoms with van der Waals surface area (Å²) < 4.78 is 35.2. The van der Waals surface area contributed by atoms with Gasteiger partial charge in [-0.1, -0.05) is 35.9 Å². The number of anilines is 1. The fourth-order valence-corrected chi connectivity index (χ4v) is 8.55. The summed E-state index contributed by atoms with van der Waals surface area (Å²) in [5.74, 6) is -1.76. The van der Waals surface area contributed by atoms with Crippen molar-refractivity contribution in [1.82, 2.24) is 34.8 Å². The highest BCUT2D eigenvalue weighted by molar-refractivity contribution is 6.34. The second-order valence-electron chi connectivity index (χ2n) is 14.8. The minimum atomic E-state index is -0.521. The van der Waals surface area contributed by atoms with E-state index in [1.807, 2.05) is 30.0 Å². The molecular formula is C41H43ClF2N8O3. The van der Waals surface area contributed by atoms with E-state index in [2.05, 4.69) is 21.6 Å². The maximum Gasteiger partial charge on any atom is 0.270 e. The SMILES string of the molecule is Cc1nn(C2CCC(=O)NC2=O)c2cccc(CCN3CCN(c4cc(Cl)c(-c5ccc(F)c6c5cc(C(=O)N(C)C)n6C5=CCCNC5)cc4F)CC3)c12. The molecule has 8 rings (SSSR count). The first-order valence-electron chi connectivity index (χ1n) is 18.7. The third kappa shape index (κ3) is 6.78. The lowest BCUT2D eigenvalue weighted by Gasteiger charge is -2.36. The summed E-state index contributed by atoms with van der Waals surface area (Å²) in [5.41, 5.74) is 5.59. The quantitative estimate of drug-likeness (QED) is 0.193. The molecule has 0 saturated carbocycles. The molecule has 3 aliphatic rings. The van der Waals surface area contributed by atoms with E-state index in [-0.39, 0.29) is 29.7 Å². The van der Waals surface area contributed by atoms with Gasteiger partial charge in [0.05, 0.1) is 27.4 Å². The van der Waals surface area contributed by atoms with Crippen LogP contribution in [0.25, 0.3) is 38.6 Å². The third-order valence-corrected chi connectivity index (χ3v) is 11.4. The first-order valence-corrected chi connectivity index (χ1v) is 19.1. The molecule has 1 atom stereocenters. The lowest BCUT2D eigenvalue weighted by Crippen LogP contribution is -2.47. The average molecular weight is 769 g/mol. The van der Waals surface area contributed by atoms with Gasteiger partial charge in [-0.2, -0.15) is 5.10 Å². The number of piperidine rings is 1. The number of nitrogens with one attached hydrogen (secondary N) is 2. The molecule has 11 nitrogen and oxygen atoms in total. The van der Waals surface area contributed by atoms with Crippen LogP contribution in [0.1, 0.15) is 47.1 Å². The van der Waals surface area contributed by atoms with Crippen molar-refractivity contribution >= 4 is 62.5 Å². The molecule has 3 aromatic carbocycles. The number of imide groups is 1. The molecule has 3 aliphatic heterocycles. The third-order valence-electron chi connectivity index (χ3n) is 11.1. The van der Waals surface area contributed by atoms with Gasteiger partial charge >= 0.3 is 0 Å². The smallest absolute Gasteiger partial charge is 0.270 e. The van der Waals surface area contributed by atoms with Crippen LogP contribution in [0.3, 0.4) is 0 Å². The zero-order valence-corrected chi connectivity index (χ0v) is 31.8. The van der Waals surface area contributed by atoms with Gasteiger partial charge in [-0.3, -0.25) is 29.3 Å². The largest absolute Gasteiger partial charge is 0.367 e. The number of carbonyl (C=O) groups is 3. The molecule has 0 bridgehead atoms. The Labute approximate surface area is 322 Å². The van der Waals surface area contributed by atoms with Crippen LogP contribution in [0.2, 0.25) is 5.02 Å². The fourth-order valence-electron chi connectivity index (χ4n) is 8.29. The zero-order chi connectivity index (χ0) is 38.5. The van der Waals surface area contributed by atoms with E-state index in [0.717, 1.165) is 66.9 Å². The van der Waals surface area contributed by atoms with Crippen molar-refractivity contribution in [1.29, 1.82) is 0 Å². The zero-order valence-electron chi connectivity index (χ0n) is 31.1. The number of carbonyl (C=O) groups excluding carboxylic acids is 3. The second kappa shape index (κ2) is 14.9. The van der Waals surface area contributed by atoms with E-state index in [1.54, 1.807) is 41.5 Å². The van der Waals surface area contributed by atoms with Crippen LogP contribution in [0.4, 0.5) is 14.5 Å². The van der Waals surface area contributed by atoms with Gasteiger partial charge in [0.15, 0.2) is 0 Å². The maximum atomic E-state index is 16.1. The summed E-state index contributed by atoms with van der Waals surface area (Å²) in [6.45, 7) is 6.67. The molecular weight excluding hydrogens is 726 g/mol. The van der Waals surface area contributed by atoms with Gasteiger partial charge in [-0.05, 0) is 74.2 Å². The molecule has 55 heavy (non-hydrogen) atoms. The van der Waals surface area contributed by atoms with Crippen molar-refractivity contribution in [3.63, 3.8) is 0 Å². The summed E-state index contributed by atoms with van der Waals surface area (Å²) >= 11 is 6.93. The number of amides is 3. The van der Waals surface area contributed by atoms with Crippen LogP contribution >= 0.6 is 11.6 Å². The predicted molar refractivity (Wildman–Crippen MR) is 210 cm³/mol. The number of benzene rings is 3. The summed E-state index contributed by atoms with van der Waals surface area (Å²) in [7, 11) is 3.32. The van der Waals surface area contributed by atoms with E-state index < -0.39 is 17.7 Å². The standard InChI is InChI=1S/C41H43ClF2N8O3/c1-24-38-25(6-4-8-33(38)52(47-24)34-11-12-37(53)46-40(34)54)13-15-49-16-18-50(19-17-49)35-22-30(42)28(20-32(35)44)27-9-10-31(43)39-29(27)21-36(41(55)48(2)3)51(39)26-7-5-14-45-23-26/h4,6-10,20-22,34,45H,5,11-19,23H2,1-3H3,(H,46,53,54). The Hall–Kier alpha value is -5.11. The molecule has 0 radical (unpaired) electrons. The lowest BCUT2D eigenvalue weighted by atomic mass is 10.00. The summed E-state index contributed by atoms with van der Waals surface area (Å²) in [6.07, 6.45) is 4.24. The molecule has 2 aromatic heterocycles. The number of fused-ring (bicyclic) bond motifs is 2. The summed E-state index contributed by atoms with van der Waals surface area (Å²) in [6, 6.07) is 13.2. The van der Waals surface area contributed by atoms with Gasteiger partial charge in [0, 0.05) is 81.8 Å². The number of aryl methyl sites for hydroxylation is 1. The van der Waals surface area contributed by atoms with Gasteiger partial charge in [-0.25, -0.2) is 8.78 Å². The van der Waals surface area contributed by atoms with Crippen LogP contribution in [0.5, 0.6) is 0 Å². The molecule has 2 fully saturated rings. The van der Waals surface area contributed by atoms with Gasteiger partial charge < -0.3 is 19.7 Å². The Morgan fingerprint density at radius 2 is 1.82 bits per heavy atom. The highest BCUT2D eigenvalue weighted by Crippen LogP contribution is 2.40. The van der Waals surface area contributed by atoms with E-state index in [4.69, 9.17) is 16.7 Å². The molecule has 0 spiro atoms. The first kappa shape index (κ1) is 36.8. The summed E-state index contributed by atoms with van der Waals surface area (Å²) in [5, 5.41) is 12.3. The fraction of sp³-hybridized carbons (Fsp3) is 0.366. The van der Waals surface area contributed by atoms with Crippen molar-refractivity contribution in [3.8, 4) is 11.1 Å². The number of hydrogen-bond acceptors (Lipinski definition) is 7. The topological polar surface area (TPSA) is 108 Å². The second-order valence-corrected chi connectivity index (χ2v) is 15.2. The van der Waals surface area contributed by atoms with Crippen molar-refractivity contribution in [2.75, 3.05) is 64.8 Å². The van der Waals surface area contributed by atoms with Crippen molar-refractivity contribution in [2.24, 2.45) is 0 Å². The number of hydrogen-bond donors (Lipinski definition) is 2. The number of halogens is 3. The molecule has 14 heteroatoms. The number of nitrogens with zero attached hydrogens (tertiary/aromatic N) is 6. The van der Waals surface area contributed by atoms with Crippen LogP contribution in [0, 0.1) is 18.6 Å². The van der Waals surface area contributed by atoms with Crippen molar-refractivity contribution in [2.45, 2.75) is 38.6 Å². The Morgan fingerprint density at radius 1 is 1.02 bits per heavy atom. The molecule has 5 heterocycles. The van der Waals surface area contributed by atoms with E-state index in [0.29, 0.717) is 59.0 Å². The van der Waals surface area contributed by atoms with Gasteiger partial charge in [0.1, 0.15) is 23.4 Å². The number of piperazine rings is 1. The Morgan fingerprint density at radius 3 is 2.55 bits per heavy atom. The minimum absolute atomic E-state index is 0.254. The number of rotatable bonds is 8. The normalized spacial score (nSPS) is 18.3. The highest BCUT2D eigenvalue weighted by Gasteiger charge is 2.31. The monoisotopic (exact) mass is 768 g/mol. The number of aromatic nitrogens is 3. The van der Waals surface area contributed by atoms with E-state index in [9.17, 15) is 14.4 Å². The van der Waals surface area contributed by atoms with Crippen LogP contribution in [-0.4, -0.2) is 102 Å². The molecule has 3 amide bonds. The Bertz CT molecular complexity index is 2390. The molecule has 2 N–H and O–H groups in total. The van der Waals surface area contributed by atoms with Gasteiger partial charge in [0.25, 0.3) is 11.8 Å². The van der Waals surface area contributed by atoms with E-state index >= 15 is 8.78 Å². The van der Waals surface area contributed by atoms with E-state index in [1.165, 1.54) is 17.0 Å². The Kier molecular flexibility index (Phi) is 9.95. The highest BCUT2D eigenvalue weighted by atomic mass is 35.5. The summed E-state index contributed by atoms with van der Waals surface area (Å²) in [4.78, 5) is 43.5. The first-order chi connectivity index (χ1) is 26.5. The van der Waals surface area contributed by atoms with Crippen LogP contribution in [-0.2, 0) is 16.0 Å². The Balaban J connectivity index is 0.998. The van der Waals surface area contributed by atoms with Crippen LogP contribution < -0.4 is 15.5 Å². The molecule has 0 aliphatic carbocycles. The minimum Gasteiger partial charge on any atom is -0.367 e. The molecule has 5 aromatic rings. The van der Waals surface area contributed by atoms with Crippen LogP contribution in [0.15, 0.2) is 54.6 Å². The molecule has 2 saturated heterocycles. The lowest BCUT2D eigenvalue weighted by molar-refractivity contribution is -0.135. The molecule has 1 unspecified atom stereocenters. The van der Waals surface area contributed by atoms with Gasteiger partial charge in [0.2, 0.25) is 5.91 Å². The van der Waals surface area contributed by atoms with Crippen molar-refractivity contribution < 1.29 is 23.2 Å². The maximum absolute atomic E-state index is 16.1. The predicted octanol–water partition coefficient (Wildman–Crippen LogP) is 5.78. The average Bonchev–Trinajstić information content (AvgIpc) is 3.75. The van der Waals surface area contributed by atoms with Crippen molar-refractivity contribution in [3.05, 3.63) is 88.2 Å². The van der Waals surface area contributed by atoms with Gasteiger partial charge in [-0.15, -0.1) is 0 Å².